The minimum Gasteiger partial charge on any atom is -0.331 e. The van der Waals surface area contributed by atoms with Crippen LogP contribution < -0.4 is 5.73 Å². The van der Waals surface area contributed by atoms with Gasteiger partial charge >= 0.3 is 0 Å². The number of fused-ring (bicyclic) bond motifs is 2. The van der Waals surface area contributed by atoms with E-state index in [1.807, 2.05) is 43.3 Å². The van der Waals surface area contributed by atoms with Gasteiger partial charge in [-0.25, -0.2) is 0 Å². The minimum atomic E-state index is 0.748. The summed E-state index contributed by atoms with van der Waals surface area (Å²) in [5, 5.41) is 0. The Labute approximate surface area is 132 Å². The van der Waals surface area contributed by atoms with Crippen molar-refractivity contribution in [3.05, 3.63) is 36.4 Å². The fourth-order valence-corrected chi connectivity index (χ4v) is 3.73. The lowest BCUT2D eigenvalue weighted by Gasteiger charge is -2.28. The number of hydrogen-bond donors (Lipinski definition) is 1. The number of hydrogen-bond acceptors (Lipinski definition) is 1. The second-order valence-corrected chi connectivity index (χ2v) is 6.94. The van der Waals surface area contributed by atoms with E-state index in [9.17, 15) is 0 Å². The average Bonchev–Trinajstić information content (AvgIpc) is 2.81. The maximum absolute atomic E-state index is 4.85. The average molecular weight is 290 g/mol. The first-order valence-corrected chi connectivity index (χ1v) is 8.90. The van der Waals surface area contributed by atoms with Crippen LogP contribution in [0.25, 0.3) is 0 Å². The third-order valence-corrected chi connectivity index (χ3v) is 4.73. The molecule has 1 heteroatoms. The van der Waals surface area contributed by atoms with Crippen molar-refractivity contribution in [3.63, 3.8) is 0 Å². The quantitative estimate of drug-likeness (QED) is 0.642. The second kappa shape index (κ2) is 10.8. The van der Waals surface area contributed by atoms with Crippen LogP contribution in [0.4, 0.5) is 0 Å². The van der Waals surface area contributed by atoms with Gasteiger partial charge in [-0.3, -0.25) is 0 Å². The molecule has 0 saturated heterocycles. The molecule has 3 rings (SSSR count). The fraction of sp³-hybridized carbons (Fsp3) is 0.700. The highest BCUT2D eigenvalue weighted by Crippen LogP contribution is 2.45. The van der Waals surface area contributed by atoms with Crippen LogP contribution in [0.1, 0.15) is 71.6 Å². The molecule has 2 fully saturated rings. The summed E-state index contributed by atoms with van der Waals surface area (Å²) in [6.07, 6.45) is 13.7. The maximum Gasteiger partial charge on any atom is -0.0106 e. The van der Waals surface area contributed by atoms with E-state index in [1.165, 1.54) is 51.4 Å². The third kappa shape index (κ3) is 8.26. The highest BCUT2D eigenvalue weighted by atomic mass is 14.5. The van der Waals surface area contributed by atoms with Gasteiger partial charge in [-0.1, -0.05) is 88.8 Å². The van der Waals surface area contributed by atoms with E-state index >= 15 is 0 Å². The van der Waals surface area contributed by atoms with Crippen LogP contribution in [0, 0.1) is 11.3 Å². The van der Waals surface area contributed by atoms with Gasteiger partial charge in [0.15, 0.2) is 0 Å². The minimum absolute atomic E-state index is 0.748. The summed E-state index contributed by atoms with van der Waals surface area (Å²) in [5.74, 6) is 1.10. The van der Waals surface area contributed by atoms with Crippen LogP contribution in [-0.2, 0) is 0 Å². The van der Waals surface area contributed by atoms with Crippen LogP contribution in [0.15, 0.2) is 36.4 Å². The molecule has 0 unspecified atom stereocenters. The van der Waals surface area contributed by atoms with E-state index < -0.39 is 0 Å². The molecule has 1 nitrogen and oxygen atoms in total. The van der Waals surface area contributed by atoms with Crippen molar-refractivity contribution in [2.45, 2.75) is 71.6 Å². The Bertz CT molecular complexity index is 294. The molecule has 21 heavy (non-hydrogen) atoms. The Balaban J connectivity index is 0.000000205. The van der Waals surface area contributed by atoms with Gasteiger partial charge in [-0.15, -0.1) is 0 Å². The lowest BCUT2D eigenvalue weighted by atomic mass is 9.78. The van der Waals surface area contributed by atoms with Crippen molar-refractivity contribution in [1.29, 1.82) is 0 Å². The van der Waals surface area contributed by atoms with Gasteiger partial charge in [0.05, 0.1) is 0 Å². The molecular formula is C20H35N. The van der Waals surface area contributed by atoms with E-state index in [4.69, 9.17) is 5.73 Å². The molecule has 0 radical (unpaired) electrons. The topological polar surface area (TPSA) is 26.0 Å². The van der Waals surface area contributed by atoms with E-state index in [0.29, 0.717) is 0 Å². The smallest absolute Gasteiger partial charge is 0.0106 e. The molecule has 1 aromatic carbocycles. The van der Waals surface area contributed by atoms with E-state index in [-0.39, 0.29) is 0 Å². The first-order chi connectivity index (χ1) is 10.2. The van der Waals surface area contributed by atoms with Crippen LogP contribution in [0.2, 0.25) is 0 Å². The van der Waals surface area contributed by atoms with Crippen LogP contribution in [0.3, 0.4) is 0 Å². The van der Waals surface area contributed by atoms with Crippen molar-refractivity contribution >= 4 is 0 Å². The SMILES string of the molecule is CC12CCCCC(CCCC1)C2.CCN.c1ccccc1. The Hall–Kier alpha value is -0.820. The molecular weight excluding hydrogens is 254 g/mol. The third-order valence-electron chi connectivity index (χ3n) is 4.73. The first kappa shape index (κ1) is 18.2. The number of rotatable bonds is 0. The van der Waals surface area contributed by atoms with Crippen molar-refractivity contribution in [3.8, 4) is 0 Å². The molecule has 0 aromatic heterocycles. The molecule has 2 aliphatic carbocycles. The van der Waals surface area contributed by atoms with Gasteiger partial charge in [0.2, 0.25) is 0 Å². The summed E-state index contributed by atoms with van der Waals surface area (Å²) >= 11 is 0. The van der Waals surface area contributed by atoms with Gasteiger partial charge in [0.1, 0.15) is 0 Å². The van der Waals surface area contributed by atoms with Crippen LogP contribution in [0.5, 0.6) is 0 Å². The highest BCUT2D eigenvalue weighted by molar-refractivity contribution is 4.99. The van der Waals surface area contributed by atoms with Crippen molar-refractivity contribution in [2.75, 3.05) is 6.54 Å². The summed E-state index contributed by atoms with van der Waals surface area (Å²) in [6.45, 7) is 5.19. The molecule has 0 atom stereocenters. The lowest BCUT2D eigenvalue weighted by molar-refractivity contribution is 0.236. The maximum atomic E-state index is 4.85. The molecule has 0 amide bonds. The molecule has 2 bridgehead atoms. The standard InChI is InChI=1S/C12H22.C6H6.C2H7N/c1-12-8-4-2-6-11(10-12)7-3-5-9-12;1-2-4-6-5-3-1;1-2-3/h11H,2-10H2,1H3;1-6H;2-3H2,1H3. The Kier molecular flexibility index (Phi) is 9.41. The highest BCUT2D eigenvalue weighted by Gasteiger charge is 2.31. The predicted octanol–water partition coefficient (Wildman–Crippen LogP) is 5.80. The van der Waals surface area contributed by atoms with E-state index in [0.717, 1.165) is 17.9 Å². The van der Waals surface area contributed by atoms with Crippen molar-refractivity contribution in [1.82, 2.24) is 0 Å². The fourth-order valence-electron chi connectivity index (χ4n) is 3.73. The first-order valence-electron chi connectivity index (χ1n) is 8.90. The van der Waals surface area contributed by atoms with Gasteiger partial charge in [-0.2, -0.15) is 0 Å². The normalized spacial score (nSPS) is 27.9. The van der Waals surface area contributed by atoms with Crippen molar-refractivity contribution in [2.24, 2.45) is 17.1 Å². The monoisotopic (exact) mass is 289 g/mol. The zero-order valence-corrected chi connectivity index (χ0v) is 14.2. The molecule has 0 aliphatic heterocycles. The molecule has 1 aromatic rings. The zero-order chi connectivity index (χ0) is 15.4. The number of benzene rings is 1. The Morgan fingerprint density at radius 1 is 0.857 bits per heavy atom. The molecule has 2 aliphatic rings. The predicted molar refractivity (Wildman–Crippen MR) is 94.3 cm³/mol. The van der Waals surface area contributed by atoms with Crippen LogP contribution >= 0.6 is 0 Å². The molecule has 2 N–H and O–H groups in total. The van der Waals surface area contributed by atoms with Crippen LogP contribution in [-0.4, -0.2) is 6.54 Å². The zero-order valence-electron chi connectivity index (χ0n) is 14.2. The molecule has 120 valence electrons. The summed E-state index contributed by atoms with van der Waals surface area (Å²) in [5.41, 5.74) is 5.59. The summed E-state index contributed by atoms with van der Waals surface area (Å²) < 4.78 is 0. The number of nitrogens with two attached hydrogens (primary N) is 1. The molecule has 2 saturated carbocycles. The Morgan fingerprint density at radius 3 is 1.62 bits per heavy atom. The van der Waals surface area contributed by atoms with Crippen molar-refractivity contribution < 1.29 is 0 Å². The Morgan fingerprint density at radius 2 is 1.24 bits per heavy atom. The van der Waals surface area contributed by atoms with E-state index in [1.54, 1.807) is 6.42 Å². The summed E-state index contributed by atoms with van der Waals surface area (Å²) in [4.78, 5) is 0. The largest absolute Gasteiger partial charge is 0.331 e. The van der Waals surface area contributed by atoms with E-state index in [2.05, 4.69) is 6.92 Å². The van der Waals surface area contributed by atoms with Gasteiger partial charge in [-0.05, 0) is 37.1 Å². The lowest BCUT2D eigenvalue weighted by Crippen LogP contribution is -2.16. The second-order valence-electron chi connectivity index (χ2n) is 6.94. The molecule has 0 heterocycles. The van der Waals surface area contributed by atoms with Gasteiger partial charge < -0.3 is 5.73 Å². The van der Waals surface area contributed by atoms with Gasteiger partial charge in [0.25, 0.3) is 0 Å². The molecule has 0 spiro atoms. The summed E-state index contributed by atoms with van der Waals surface area (Å²) in [7, 11) is 0. The summed E-state index contributed by atoms with van der Waals surface area (Å²) in [6, 6.07) is 12.0. The van der Waals surface area contributed by atoms with Gasteiger partial charge in [0, 0.05) is 0 Å².